The predicted octanol–water partition coefficient (Wildman–Crippen LogP) is 0.755. The van der Waals surface area contributed by atoms with Crippen molar-refractivity contribution >= 4 is 0 Å². The third-order valence-electron chi connectivity index (χ3n) is 2.19. The fourth-order valence-electron chi connectivity index (χ4n) is 1.47. The van der Waals surface area contributed by atoms with E-state index in [9.17, 15) is 5.11 Å². The molecule has 0 radical (unpaired) electrons. The maximum atomic E-state index is 9.56. The van der Waals surface area contributed by atoms with Crippen molar-refractivity contribution in [3.63, 3.8) is 0 Å². The van der Waals surface area contributed by atoms with Gasteiger partial charge in [0.2, 0.25) is 0 Å². The zero-order chi connectivity index (χ0) is 7.56. The van der Waals surface area contributed by atoms with Gasteiger partial charge in [-0.1, -0.05) is 13.8 Å². The molecule has 0 unspecified atom stereocenters. The normalized spacial score (nSPS) is 29.4. The molecule has 2 atom stereocenters. The van der Waals surface area contributed by atoms with Crippen LogP contribution in [0.2, 0.25) is 0 Å². The Morgan fingerprint density at radius 1 is 1.50 bits per heavy atom. The fraction of sp³-hybridized carbons (Fsp3) is 1.00. The molecule has 1 saturated heterocycles. The Kier molecular flexibility index (Phi) is 2.69. The minimum absolute atomic E-state index is 0.150. The topological polar surface area (TPSA) is 32.3 Å². The van der Waals surface area contributed by atoms with Crippen molar-refractivity contribution in [3.05, 3.63) is 0 Å². The van der Waals surface area contributed by atoms with E-state index < -0.39 is 0 Å². The first-order chi connectivity index (χ1) is 4.72. The highest BCUT2D eigenvalue weighted by Gasteiger charge is 2.24. The molecule has 0 aliphatic carbocycles. The van der Waals surface area contributed by atoms with Gasteiger partial charge >= 0.3 is 0 Å². The highest BCUT2D eigenvalue weighted by Crippen LogP contribution is 2.14. The van der Waals surface area contributed by atoms with Gasteiger partial charge in [-0.3, -0.25) is 0 Å². The summed E-state index contributed by atoms with van der Waals surface area (Å²) in [4.78, 5) is 0. The van der Waals surface area contributed by atoms with Crippen LogP contribution in [0.15, 0.2) is 0 Å². The summed E-state index contributed by atoms with van der Waals surface area (Å²) in [6.45, 7) is 5.20. The van der Waals surface area contributed by atoms with E-state index in [0.717, 1.165) is 13.0 Å². The molecule has 1 aliphatic heterocycles. The first kappa shape index (κ1) is 8.02. The van der Waals surface area contributed by atoms with Gasteiger partial charge in [0.1, 0.15) is 0 Å². The largest absolute Gasteiger partial charge is 0.391 e. The lowest BCUT2D eigenvalue weighted by Gasteiger charge is -2.21. The highest BCUT2D eigenvalue weighted by molar-refractivity contribution is 4.82. The summed E-state index contributed by atoms with van der Waals surface area (Å²) in [7, 11) is 0. The Morgan fingerprint density at radius 3 is 2.60 bits per heavy atom. The van der Waals surface area contributed by atoms with Crippen LogP contribution < -0.4 is 5.32 Å². The van der Waals surface area contributed by atoms with Crippen LogP contribution in [0.1, 0.15) is 26.7 Å². The molecule has 1 aliphatic rings. The van der Waals surface area contributed by atoms with Crippen molar-refractivity contribution in [2.45, 2.75) is 38.8 Å². The van der Waals surface area contributed by atoms with Crippen molar-refractivity contribution in [1.82, 2.24) is 5.32 Å². The zero-order valence-corrected chi connectivity index (χ0v) is 6.80. The van der Waals surface area contributed by atoms with Gasteiger partial charge in [-0.05, 0) is 25.3 Å². The molecule has 0 aromatic carbocycles. The second kappa shape index (κ2) is 3.35. The molecule has 0 aromatic rings. The summed E-state index contributed by atoms with van der Waals surface area (Å²) in [5, 5.41) is 12.9. The number of rotatable bonds is 2. The van der Waals surface area contributed by atoms with E-state index in [4.69, 9.17) is 0 Å². The van der Waals surface area contributed by atoms with Gasteiger partial charge in [0.25, 0.3) is 0 Å². The Bertz CT molecular complexity index is 97.4. The summed E-state index contributed by atoms with van der Waals surface area (Å²) in [5.41, 5.74) is 0. The molecule has 0 saturated carbocycles. The molecule has 2 heteroatoms. The monoisotopic (exact) mass is 143 g/mol. The lowest BCUT2D eigenvalue weighted by molar-refractivity contribution is 0.0906. The maximum Gasteiger partial charge on any atom is 0.0716 e. The van der Waals surface area contributed by atoms with Crippen molar-refractivity contribution in [2.24, 2.45) is 5.92 Å². The van der Waals surface area contributed by atoms with Crippen LogP contribution >= 0.6 is 0 Å². The van der Waals surface area contributed by atoms with E-state index >= 15 is 0 Å². The van der Waals surface area contributed by atoms with Gasteiger partial charge in [-0.25, -0.2) is 0 Å². The summed E-state index contributed by atoms with van der Waals surface area (Å²) < 4.78 is 0. The van der Waals surface area contributed by atoms with E-state index in [1.54, 1.807) is 0 Å². The van der Waals surface area contributed by atoms with Crippen LogP contribution in [-0.2, 0) is 0 Å². The van der Waals surface area contributed by atoms with E-state index in [-0.39, 0.29) is 6.10 Å². The van der Waals surface area contributed by atoms with Gasteiger partial charge in [0.15, 0.2) is 0 Å². The molecule has 0 spiro atoms. The molecule has 1 heterocycles. The standard InChI is InChI=1S/C8H17NO/c1-6(2)8(10)7-4-3-5-9-7/h6-10H,3-5H2,1-2H3/t7-,8+/m0/s1. The lowest BCUT2D eigenvalue weighted by atomic mass is 9.99. The van der Waals surface area contributed by atoms with Crippen LogP contribution in [-0.4, -0.2) is 23.8 Å². The average molecular weight is 143 g/mol. The van der Waals surface area contributed by atoms with E-state index in [2.05, 4.69) is 19.2 Å². The number of nitrogens with one attached hydrogen (secondary N) is 1. The second-order valence-electron chi connectivity index (χ2n) is 3.44. The summed E-state index contributed by atoms with van der Waals surface area (Å²) >= 11 is 0. The number of aliphatic hydroxyl groups excluding tert-OH is 1. The minimum atomic E-state index is -0.150. The number of hydrogen-bond donors (Lipinski definition) is 2. The van der Waals surface area contributed by atoms with E-state index in [1.807, 2.05) is 0 Å². The molecule has 1 rings (SSSR count). The molecule has 1 fully saturated rings. The van der Waals surface area contributed by atoms with Crippen LogP contribution in [0.3, 0.4) is 0 Å². The first-order valence-electron chi connectivity index (χ1n) is 4.13. The van der Waals surface area contributed by atoms with Crippen molar-refractivity contribution in [1.29, 1.82) is 0 Å². The maximum absolute atomic E-state index is 9.56. The number of hydrogen-bond acceptors (Lipinski definition) is 2. The van der Waals surface area contributed by atoms with Gasteiger partial charge in [-0.15, -0.1) is 0 Å². The van der Waals surface area contributed by atoms with Crippen LogP contribution in [0.4, 0.5) is 0 Å². The molecule has 2 nitrogen and oxygen atoms in total. The fourth-order valence-corrected chi connectivity index (χ4v) is 1.47. The third-order valence-corrected chi connectivity index (χ3v) is 2.19. The van der Waals surface area contributed by atoms with Crippen molar-refractivity contribution < 1.29 is 5.11 Å². The molecule has 0 amide bonds. The molecule has 10 heavy (non-hydrogen) atoms. The van der Waals surface area contributed by atoms with E-state index in [0.29, 0.717) is 12.0 Å². The van der Waals surface area contributed by atoms with Gasteiger partial charge in [-0.2, -0.15) is 0 Å². The number of aliphatic hydroxyl groups is 1. The molecular weight excluding hydrogens is 126 g/mol. The molecular formula is C8H17NO. The Hall–Kier alpha value is -0.0800. The molecule has 0 bridgehead atoms. The predicted molar refractivity (Wildman–Crippen MR) is 41.9 cm³/mol. The second-order valence-corrected chi connectivity index (χ2v) is 3.44. The Labute approximate surface area is 62.6 Å². The SMILES string of the molecule is CC(C)[C@@H](O)[C@@H]1CCCN1. The summed E-state index contributed by atoms with van der Waals surface area (Å²) in [5.74, 6) is 0.385. The quantitative estimate of drug-likeness (QED) is 0.598. The zero-order valence-electron chi connectivity index (χ0n) is 6.80. The molecule has 60 valence electrons. The molecule has 2 N–H and O–H groups in total. The van der Waals surface area contributed by atoms with E-state index in [1.165, 1.54) is 6.42 Å². The highest BCUT2D eigenvalue weighted by atomic mass is 16.3. The molecule has 0 aromatic heterocycles. The third kappa shape index (κ3) is 1.70. The van der Waals surface area contributed by atoms with Crippen LogP contribution in [0.5, 0.6) is 0 Å². The smallest absolute Gasteiger partial charge is 0.0716 e. The van der Waals surface area contributed by atoms with Gasteiger partial charge < -0.3 is 10.4 Å². The Morgan fingerprint density at radius 2 is 2.20 bits per heavy atom. The van der Waals surface area contributed by atoms with Gasteiger partial charge in [0.05, 0.1) is 6.10 Å². The lowest BCUT2D eigenvalue weighted by Crippen LogP contribution is -2.37. The van der Waals surface area contributed by atoms with Crippen molar-refractivity contribution in [2.75, 3.05) is 6.54 Å². The minimum Gasteiger partial charge on any atom is -0.391 e. The average Bonchev–Trinajstić information content (AvgIpc) is 2.36. The summed E-state index contributed by atoms with van der Waals surface area (Å²) in [6, 6.07) is 0.361. The van der Waals surface area contributed by atoms with Crippen molar-refractivity contribution in [3.8, 4) is 0 Å². The van der Waals surface area contributed by atoms with Gasteiger partial charge in [0, 0.05) is 6.04 Å². The first-order valence-corrected chi connectivity index (χ1v) is 4.13. The Balaban J connectivity index is 2.32. The summed E-state index contributed by atoms with van der Waals surface area (Å²) in [6.07, 6.45) is 2.20. The van der Waals surface area contributed by atoms with Crippen LogP contribution in [0.25, 0.3) is 0 Å². The van der Waals surface area contributed by atoms with Crippen LogP contribution in [0, 0.1) is 5.92 Å².